The van der Waals surface area contributed by atoms with Gasteiger partial charge in [0.1, 0.15) is 0 Å². The molecule has 2 aromatic carbocycles. The molecule has 1 aliphatic carbocycles. The highest BCUT2D eigenvalue weighted by molar-refractivity contribution is 5.64. The molecule has 3 rings (SSSR count). The highest BCUT2D eigenvalue weighted by Crippen LogP contribution is 2.37. The molecule has 2 aromatic rings. The summed E-state index contributed by atoms with van der Waals surface area (Å²) in [4.78, 5) is 0. The van der Waals surface area contributed by atoms with Gasteiger partial charge >= 0.3 is 0 Å². The van der Waals surface area contributed by atoms with Crippen LogP contribution >= 0.6 is 0 Å². The molecule has 1 saturated carbocycles. The predicted octanol–water partition coefficient (Wildman–Crippen LogP) is 7.03. The minimum absolute atomic E-state index is 0.352. The first-order valence-corrected chi connectivity index (χ1v) is 9.99. The Morgan fingerprint density at radius 3 is 2.18 bits per heavy atom. The van der Waals surface area contributed by atoms with Gasteiger partial charge in [0.25, 0.3) is 0 Å². The molecule has 0 aromatic heterocycles. The molecule has 0 saturated heterocycles. The average Bonchev–Trinajstić information content (AvgIpc) is 2.72. The SMILES string of the molecule is COCCC/C=C/C1CCC(c2ccc(-c3cc(F)c(F)c(F)c3)cc2)CC1. The number of halogens is 3. The number of rotatable bonds is 7. The molecule has 1 aliphatic rings. The van der Waals surface area contributed by atoms with Crippen molar-refractivity contribution in [1.29, 1.82) is 0 Å². The van der Waals surface area contributed by atoms with Crippen LogP contribution in [0.2, 0.25) is 0 Å². The molecule has 150 valence electrons. The Morgan fingerprint density at radius 1 is 0.929 bits per heavy atom. The van der Waals surface area contributed by atoms with Gasteiger partial charge in [-0.2, -0.15) is 0 Å². The van der Waals surface area contributed by atoms with E-state index in [4.69, 9.17) is 4.74 Å². The van der Waals surface area contributed by atoms with Crippen LogP contribution < -0.4 is 0 Å². The van der Waals surface area contributed by atoms with Crippen molar-refractivity contribution in [2.45, 2.75) is 44.4 Å². The van der Waals surface area contributed by atoms with Gasteiger partial charge in [0.05, 0.1) is 0 Å². The molecular weight excluding hydrogens is 361 g/mol. The lowest BCUT2D eigenvalue weighted by Crippen LogP contribution is -2.11. The lowest BCUT2D eigenvalue weighted by atomic mass is 9.78. The van der Waals surface area contributed by atoms with Gasteiger partial charge in [-0.15, -0.1) is 0 Å². The Balaban J connectivity index is 1.56. The fourth-order valence-corrected chi connectivity index (χ4v) is 3.95. The summed E-state index contributed by atoms with van der Waals surface area (Å²) < 4.78 is 45.1. The van der Waals surface area contributed by atoms with Crippen molar-refractivity contribution in [2.24, 2.45) is 5.92 Å². The van der Waals surface area contributed by atoms with Crippen molar-refractivity contribution in [3.8, 4) is 11.1 Å². The number of unbranched alkanes of at least 4 members (excludes halogenated alkanes) is 1. The normalized spacial score (nSPS) is 20.0. The summed E-state index contributed by atoms with van der Waals surface area (Å²) in [6.45, 7) is 0.810. The Labute approximate surface area is 165 Å². The van der Waals surface area contributed by atoms with Crippen molar-refractivity contribution < 1.29 is 17.9 Å². The molecule has 0 unspecified atom stereocenters. The van der Waals surface area contributed by atoms with Gasteiger partial charge in [0, 0.05) is 13.7 Å². The molecular formula is C24H27F3O. The van der Waals surface area contributed by atoms with Crippen molar-refractivity contribution in [3.05, 3.63) is 71.6 Å². The molecule has 0 bridgehead atoms. The van der Waals surface area contributed by atoms with Crippen LogP contribution in [0.25, 0.3) is 11.1 Å². The van der Waals surface area contributed by atoms with Crippen LogP contribution in [0.3, 0.4) is 0 Å². The summed E-state index contributed by atoms with van der Waals surface area (Å²) >= 11 is 0. The topological polar surface area (TPSA) is 9.23 Å². The first kappa shape index (κ1) is 20.7. The third-order valence-corrected chi connectivity index (χ3v) is 5.60. The van der Waals surface area contributed by atoms with E-state index in [1.807, 2.05) is 24.3 Å². The summed E-state index contributed by atoms with van der Waals surface area (Å²) in [6, 6.07) is 9.86. The second-order valence-electron chi connectivity index (χ2n) is 7.55. The molecule has 0 radical (unpaired) electrons. The summed E-state index contributed by atoms with van der Waals surface area (Å²) in [6.07, 6.45) is 11.4. The molecule has 1 fully saturated rings. The lowest BCUT2D eigenvalue weighted by Gasteiger charge is -2.27. The smallest absolute Gasteiger partial charge is 0.194 e. The van der Waals surface area contributed by atoms with E-state index >= 15 is 0 Å². The molecule has 0 heterocycles. The zero-order valence-corrected chi connectivity index (χ0v) is 16.3. The Hall–Kier alpha value is -2.07. The fourth-order valence-electron chi connectivity index (χ4n) is 3.95. The summed E-state index contributed by atoms with van der Waals surface area (Å²) in [5, 5.41) is 0. The molecule has 0 atom stereocenters. The van der Waals surface area contributed by atoms with E-state index < -0.39 is 17.5 Å². The second-order valence-corrected chi connectivity index (χ2v) is 7.55. The zero-order valence-electron chi connectivity index (χ0n) is 16.3. The van der Waals surface area contributed by atoms with Gasteiger partial charge in [-0.3, -0.25) is 0 Å². The van der Waals surface area contributed by atoms with Gasteiger partial charge in [-0.25, -0.2) is 13.2 Å². The summed E-state index contributed by atoms with van der Waals surface area (Å²) in [5.41, 5.74) is 2.30. The Bertz CT molecular complexity index is 767. The average molecular weight is 388 g/mol. The van der Waals surface area contributed by atoms with Gasteiger partial charge in [-0.05, 0) is 79.2 Å². The van der Waals surface area contributed by atoms with Crippen molar-refractivity contribution >= 4 is 0 Å². The third kappa shape index (κ3) is 5.26. The van der Waals surface area contributed by atoms with Crippen molar-refractivity contribution in [2.75, 3.05) is 13.7 Å². The van der Waals surface area contributed by atoms with Gasteiger partial charge in [0.2, 0.25) is 0 Å². The Kier molecular flexibility index (Phi) is 7.32. The number of ether oxygens (including phenoxy) is 1. The quantitative estimate of drug-likeness (QED) is 0.281. The maximum atomic E-state index is 13.5. The first-order chi connectivity index (χ1) is 13.6. The number of benzene rings is 2. The molecule has 0 aliphatic heterocycles. The van der Waals surface area contributed by atoms with Crippen molar-refractivity contribution in [1.82, 2.24) is 0 Å². The standard InChI is InChI=1S/C24H27F3O/c1-28-14-4-2-3-5-17-6-8-18(9-7-17)19-10-12-20(13-11-19)21-15-22(25)24(27)23(26)16-21/h3,5,10-13,15-18H,2,4,6-9,14H2,1H3/b5-3+. The molecule has 4 heteroatoms. The van der Waals surface area contributed by atoms with E-state index in [1.165, 1.54) is 18.4 Å². The highest BCUT2D eigenvalue weighted by atomic mass is 19.2. The number of hydrogen-bond donors (Lipinski definition) is 0. The maximum Gasteiger partial charge on any atom is 0.194 e. The molecule has 0 N–H and O–H groups in total. The number of allylic oxidation sites excluding steroid dienone is 2. The minimum Gasteiger partial charge on any atom is -0.385 e. The van der Waals surface area contributed by atoms with Crippen LogP contribution in [0.15, 0.2) is 48.6 Å². The van der Waals surface area contributed by atoms with E-state index in [0.29, 0.717) is 23.0 Å². The summed E-state index contributed by atoms with van der Waals surface area (Å²) in [5.74, 6) is -2.57. The van der Waals surface area contributed by atoms with Crippen LogP contribution in [0, 0.1) is 23.4 Å². The van der Waals surface area contributed by atoms with E-state index in [1.54, 1.807) is 7.11 Å². The predicted molar refractivity (Wildman–Crippen MR) is 107 cm³/mol. The van der Waals surface area contributed by atoms with Gasteiger partial charge in [0.15, 0.2) is 17.5 Å². The fraction of sp³-hybridized carbons (Fsp3) is 0.417. The summed E-state index contributed by atoms with van der Waals surface area (Å²) in [7, 11) is 1.73. The van der Waals surface area contributed by atoms with E-state index in [2.05, 4.69) is 12.2 Å². The molecule has 1 nitrogen and oxygen atoms in total. The van der Waals surface area contributed by atoms with E-state index in [0.717, 1.165) is 44.4 Å². The highest BCUT2D eigenvalue weighted by Gasteiger charge is 2.21. The zero-order chi connectivity index (χ0) is 19.9. The molecule has 0 spiro atoms. The molecule has 0 amide bonds. The number of hydrogen-bond acceptors (Lipinski definition) is 1. The van der Waals surface area contributed by atoms with Crippen LogP contribution in [0.1, 0.15) is 50.0 Å². The number of methoxy groups -OCH3 is 1. The third-order valence-electron chi connectivity index (χ3n) is 5.60. The monoisotopic (exact) mass is 388 g/mol. The largest absolute Gasteiger partial charge is 0.385 e. The van der Waals surface area contributed by atoms with E-state index in [9.17, 15) is 13.2 Å². The Morgan fingerprint density at radius 2 is 1.57 bits per heavy atom. The van der Waals surface area contributed by atoms with Crippen LogP contribution in [-0.2, 0) is 4.74 Å². The second kappa shape index (κ2) is 9.92. The lowest BCUT2D eigenvalue weighted by molar-refractivity contribution is 0.195. The first-order valence-electron chi connectivity index (χ1n) is 9.99. The van der Waals surface area contributed by atoms with Crippen molar-refractivity contribution in [3.63, 3.8) is 0 Å². The minimum atomic E-state index is -1.43. The van der Waals surface area contributed by atoms with Crippen LogP contribution in [-0.4, -0.2) is 13.7 Å². The van der Waals surface area contributed by atoms with Crippen LogP contribution in [0.4, 0.5) is 13.2 Å². The van der Waals surface area contributed by atoms with Gasteiger partial charge in [-0.1, -0.05) is 36.4 Å². The maximum absolute atomic E-state index is 13.5. The van der Waals surface area contributed by atoms with E-state index in [-0.39, 0.29) is 0 Å². The van der Waals surface area contributed by atoms with Gasteiger partial charge < -0.3 is 4.74 Å². The molecule has 28 heavy (non-hydrogen) atoms. The van der Waals surface area contributed by atoms with Crippen LogP contribution in [0.5, 0.6) is 0 Å².